The number of aryl methyl sites for hydroxylation is 1. The molecule has 0 spiro atoms. The quantitative estimate of drug-likeness (QED) is 0.383. The normalized spacial score (nSPS) is 17.4. The molecule has 1 aliphatic carbocycles. The first-order valence-electron chi connectivity index (χ1n) is 6.92. The van der Waals surface area contributed by atoms with Crippen LogP contribution in [0.3, 0.4) is 0 Å². The molecule has 3 N–H and O–H groups in total. The van der Waals surface area contributed by atoms with Crippen LogP contribution in [-0.4, -0.2) is 23.5 Å². The number of oxime groups is 1. The van der Waals surface area contributed by atoms with E-state index < -0.39 is 5.41 Å². The number of amides is 1. The smallest absolute Gasteiger partial charge is 0.240 e. The highest BCUT2D eigenvalue weighted by atomic mass is 16.4. The van der Waals surface area contributed by atoms with E-state index in [1.807, 2.05) is 38.1 Å². The highest BCUT2D eigenvalue weighted by molar-refractivity contribution is 6.13. The molecule has 0 radical (unpaired) electrons. The minimum absolute atomic E-state index is 0.0271. The summed E-state index contributed by atoms with van der Waals surface area (Å²) in [5.41, 5.74) is 6.93. The minimum Gasteiger partial charge on any atom is -0.409 e. The second-order valence-corrected chi connectivity index (χ2v) is 5.31. The maximum atomic E-state index is 12.8. The van der Waals surface area contributed by atoms with Crippen LogP contribution in [0.4, 0.5) is 5.69 Å². The predicted molar refractivity (Wildman–Crippen MR) is 78.9 cm³/mol. The Morgan fingerprint density at radius 2 is 2.00 bits per heavy atom. The fourth-order valence-corrected chi connectivity index (χ4v) is 2.63. The molecule has 0 unspecified atom stereocenters. The van der Waals surface area contributed by atoms with Gasteiger partial charge in [0.15, 0.2) is 5.84 Å². The van der Waals surface area contributed by atoms with Crippen LogP contribution < -0.4 is 10.6 Å². The topological polar surface area (TPSA) is 78.9 Å². The molecule has 5 nitrogen and oxygen atoms in total. The van der Waals surface area contributed by atoms with Gasteiger partial charge in [-0.2, -0.15) is 0 Å². The number of benzene rings is 1. The molecule has 2 rings (SSSR count). The lowest BCUT2D eigenvalue weighted by Crippen LogP contribution is -2.55. The van der Waals surface area contributed by atoms with Gasteiger partial charge in [-0.05, 0) is 38.8 Å². The molecule has 5 heteroatoms. The van der Waals surface area contributed by atoms with Crippen molar-refractivity contribution in [3.05, 3.63) is 29.8 Å². The molecule has 1 amide bonds. The van der Waals surface area contributed by atoms with E-state index in [4.69, 9.17) is 10.9 Å². The average molecular weight is 275 g/mol. The van der Waals surface area contributed by atoms with Gasteiger partial charge in [-0.1, -0.05) is 29.3 Å². The van der Waals surface area contributed by atoms with Crippen molar-refractivity contribution in [1.82, 2.24) is 0 Å². The lowest BCUT2D eigenvalue weighted by Gasteiger charge is -2.42. The van der Waals surface area contributed by atoms with Gasteiger partial charge in [-0.3, -0.25) is 4.79 Å². The maximum Gasteiger partial charge on any atom is 0.240 e. The van der Waals surface area contributed by atoms with Gasteiger partial charge < -0.3 is 15.8 Å². The molecule has 0 aliphatic heterocycles. The van der Waals surface area contributed by atoms with Crippen molar-refractivity contribution in [2.45, 2.75) is 33.1 Å². The average Bonchev–Trinajstić information content (AvgIpc) is 2.40. The third-order valence-corrected chi connectivity index (χ3v) is 4.12. The van der Waals surface area contributed by atoms with Crippen LogP contribution in [0.2, 0.25) is 0 Å². The molecule has 1 aromatic carbocycles. The first-order chi connectivity index (χ1) is 9.55. The molecule has 0 atom stereocenters. The summed E-state index contributed by atoms with van der Waals surface area (Å²) >= 11 is 0. The summed E-state index contributed by atoms with van der Waals surface area (Å²) in [4.78, 5) is 14.5. The number of anilines is 1. The Morgan fingerprint density at radius 3 is 2.40 bits per heavy atom. The highest BCUT2D eigenvalue weighted by Gasteiger charge is 2.50. The fourth-order valence-electron chi connectivity index (χ4n) is 2.63. The van der Waals surface area contributed by atoms with Crippen molar-refractivity contribution >= 4 is 17.4 Å². The summed E-state index contributed by atoms with van der Waals surface area (Å²) in [6.45, 7) is 4.49. The number of rotatable bonds is 4. The zero-order valence-corrected chi connectivity index (χ0v) is 12.0. The van der Waals surface area contributed by atoms with Gasteiger partial charge >= 0.3 is 0 Å². The molecule has 108 valence electrons. The van der Waals surface area contributed by atoms with Crippen molar-refractivity contribution in [1.29, 1.82) is 0 Å². The zero-order valence-electron chi connectivity index (χ0n) is 12.0. The number of hydrogen-bond donors (Lipinski definition) is 2. The molecule has 0 bridgehead atoms. The Kier molecular flexibility index (Phi) is 3.97. The standard InChI is InChI=1S/C15H21N3O2/c1-3-18(12-7-5-11(2)6-8-12)14(19)15(9-4-10-15)13(16)17-20/h5-8,20H,3-4,9-10H2,1-2H3,(H2,16,17). The number of carbonyl (C=O) groups is 1. The monoisotopic (exact) mass is 275 g/mol. The van der Waals surface area contributed by atoms with E-state index in [0.717, 1.165) is 17.7 Å². The van der Waals surface area contributed by atoms with Crippen LogP contribution >= 0.6 is 0 Å². The van der Waals surface area contributed by atoms with E-state index >= 15 is 0 Å². The third kappa shape index (κ3) is 2.24. The summed E-state index contributed by atoms with van der Waals surface area (Å²) in [5, 5.41) is 12.0. The molecular formula is C15H21N3O2. The van der Waals surface area contributed by atoms with Crippen LogP contribution in [0, 0.1) is 12.3 Å². The van der Waals surface area contributed by atoms with Crippen molar-refractivity contribution in [3.8, 4) is 0 Å². The molecule has 1 aliphatic rings. The van der Waals surface area contributed by atoms with E-state index in [2.05, 4.69) is 5.16 Å². The van der Waals surface area contributed by atoms with Crippen LogP contribution in [0.25, 0.3) is 0 Å². The van der Waals surface area contributed by atoms with Crippen molar-refractivity contribution in [3.63, 3.8) is 0 Å². The lowest BCUT2D eigenvalue weighted by atomic mass is 9.66. The van der Waals surface area contributed by atoms with Crippen LogP contribution in [0.5, 0.6) is 0 Å². The number of amidine groups is 1. The van der Waals surface area contributed by atoms with Crippen molar-refractivity contribution < 1.29 is 10.0 Å². The predicted octanol–water partition coefficient (Wildman–Crippen LogP) is 2.26. The summed E-state index contributed by atoms with van der Waals surface area (Å²) < 4.78 is 0. The Labute approximate surface area is 119 Å². The van der Waals surface area contributed by atoms with Gasteiger partial charge in [0.05, 0.1) is 0 Å². The van der Waals surface area contributed by atoms with Crippen LogP contribution in [-0.2, 0) is 4.79 Å². The summed E-state index contributed by atoms with van der Waals surface area (Å²) in [6, 6.07) is 7.80. The Morgan fingerprint density at radius 1 is 1.40 bits per heavy atom. The SMILES string of the molecule is CCN(C(=O)C1(/C(N)=N/O)CCC1)c1ccc(C)cc1. The molecule has 0 aromatic heterocycles. The molecule has 1 fully saturated rings. The molecule has 20 heavy (non-hydrogen) atoms. The Bertz CT molecular complexity index is 518. The lowest BCUT2D eigenvalue weighted by molar-refractivity contribution is -0.128. The van der Waals surface area contributed by atoms with E-state index in [1.54, 1.807) is 4.90 Å². The number of carbonyl (C=O) groups excluding carboxylic acids is 1. The highest BCUT2D eigenvalue weighted by Crippen LogP contribution is 2.43. The van der Waals surface area contributed by atoms with Gasteiger partial charge in [0.2, 0.25) is 5.91 Å². The second kappa shape index (κ2) is 5.53. The van der Waals surface area contributed by atoms with Crippen molar-refractivity contribution in [2.75, 3.05) is 11.4 Å². The Balaban J connectivity index is 2.31. The minimum atomic E-state index is -0.824. The summed E-state index contributed by atoms with van der Waals surface area (Å²) in [5.74, 6) is -0.0512. The first kappa shape index (κ1) is 14.4. The zero-order chi connectivity index (χ0) is 14.8. The largest absolute Gasteiger partial charge is 0.409 e. The number of nitrogens with two attached hydrogens (primary N) is 1. The molecule has 0 saturated heterocycles. The molecular weight excluding hydrogens is 254 g/mol. The molecule has 0 heterocycles. The second-order valence-electron chi connectivity index (χ2n) is 5.31. The molecule has 1 saturated carbocycles. The molecule has 1 aromatic rings. The van der Waals surface area contributed by atoms with Crippen molar-refractivity contribution in [2.24, 2.45) is 16.3 Å². The first-order valence-corrected chi connectivity index (χ1v) is 6.92. The van der Waals surface area contributed by atoms with E-state index in [0.29, 0.717) is 19.4 Å². The van der Waals surface area contributed by atoms with Gasteiger partial charge in [0, 0.05) is 12.2 Å². The van der Waals surface area contributed by atoms with Gasteiger partial charge in [-0.25, -0.2) is 0 Å². The Hall–Kier alpha value is -2.04. The van der Waals surface area contributed by atoms with Gasteiger partial charge in [0.25, 0.3) is 0 Å². The third-order valence-electron chi connectivity index (χ3n) is 4.12. The van der Waals surface area contributed by atoms with E-state index in [1.165, 1.54) is 0 Å². The van der Waals surface area contributed by atoms with E-state index in [-0.39, 0.29) is 11.7 Å². The van der Waals surface area contributed by atoms with Crippen LogP contribution in [0.1, 0.15) is 31.7 Å². The summed E-state index contributed by atoms with van der Waals surface area (Å²) in [7, 11) is 0. The van der Waals surface area contributed by atoms with E-state index in [9.17, 15) is 4.79 Å². The number of hydrogen-bond acceptors (Lipinski definition) is 3. The van der Waals surface area contributed by atoms with Gasteiger partial charge in [-0.15, -0.1) is 0 Å². The van der Waals surface area contributed by atoms with Gasteiger partial charge in [0.1, 0.15) is 5.41 Å². The van der Waals surface area contributed by atoms with Crippen LogP contribution in [0.15, 0.2) is 29.4 Å². The maximum absolute atomic E-state index is 12.8. The fraction of sp³-hybridized carbons (Fsp3) is 0.467. The number of nitrogens with zero attached hydrogens (tertiary/aromatic N) is 2. The summed E-state index contributed by atoms with van der Waals surface area (Å²) in [6.07, 6.45) is 2.21.